The molecular formula is C19H17F3N4OS2. The quantitative estimate of drug-likeness (QED) is 0.582. The largest absolute Gasteiger partial charge is 0.435 e. The first-order valence-electron chi connectivity index (χ1n) is 9.06. The number of nitrogens with one attached hydrogen (secondary N) is 1. The van der Waals surface area contributed by atoms with Crippen LogP contribution in [0.25, 0.3) is 10.6 Å². The van der Waals surface area contributed by atoms with Crippen molar-refractivity contribution in [3.05, 3.63) is 46.4 Å². The summed E-state index contributed by atoms with van der Waals surface area (Å²) in [5.41, 5.74) is -0.0701. The summed E-state index contributed by atoms with van der Waals surface area (Å²) in [6.07, 6.45) is -0.392. The first-order chi connectivity index (χ1) is 13.9. The van der Waals surface area contributed by atoms with Crippen molar-refractivity contribution in [2.75, 3.05) is 23.3 Å². The number of alkyl halides is 3. The maximum Gasteiger partial charge on any atom is 0.435 e. The Morgan fingerprint density at radius 3 is 2.55 bits per heavy atom. The summed E-state index contributed by atoms with van der Waals surface area (Å²) in [5.74, 6) is -0.830. The number of anilines is 2. The zero-order valence-corrected chi connectivity index (χ0v) is 16.8. The predicted octanol–water partition coefficient (Wildman–Crippen LogP) is 5.53. The highest BCUT2D eigenvalue weighted by Crippen LogP contribution is 2.38. The van der Waals surface area contributed by atoms with Gasteiger partial charge in [-0.15, -0.1) is 11.3 Å². The number of carbonyl (C=O) groups is 1. The lowest BCUT2D eigenvalue weighted by Crippen LogP contribution is -2.29. The van der Waals surface area contributed by atoms with Crippen molar-refractivity contribution in [2.45, 2.75) is 25.4 Å². The fraction of sp³-hybridized carbons (Fsp3) is 0.316. The maximum absolute atomic E-state index is 13.5. The molecule has 1 saturated heterocycles. The lowest BCUT2D eigenvalue weighted by molar-refractivity contribution is -0.141. The van der Waals surface area contributed by atoms with Gasteiger partial charge in [-0.3, -0.25) is 9.78 Å². The summed E-state index contributed by atoms with van der Waals surface area (Å²) in [5, 5.41) is 4.68. The maximum atomic E-state index is 13.5. The molecule has 4 rings (SSSR count). The van der Waals surface area contributed by atoms with E-state index < -0.39 is 22.7 Å². The summed E-state index contributed by atoms with van der Waals surface area (Å²) in [6.45, 7) is 1.31. The highest BCUT2D eigenvalue weighted by atomic mass is 32.1. The molecule has 0 aromatic carbocycles. The van der Waals surface area contributed by atoms with Crippen LogP contribution in [0.3, 0.4) is 0 Å². The third kappa shape index (κ3) is 4.43. The van der Waals surface area contributed by atoms with Crippen molar-refractivity contribution >= 4 is 39.4 Å². The van der Waals surface area contributed by atoms with Gasteiger partial charge in [0, 0.05) is 13.1 Å². The molecule has 1 aliphatic rings. The summed E-state index contributed by atoms with van der Waals surface area (Å²) in [4.78, 5) is 23.0. The summed E-state index contributed by atoms with van der Waals surface area (Å²) < 4.78 is 40.4. The smallest absolute Gasteiger partial charge is 0.348 e. The van der Waals surface area contributed by atoms with E-state index >= 15 is 0 Å². The number of halogens is 3. The molecule has 1 amide bonds. The van der Waals surface area contributed by atoms with Crippen LogP contribution in [0.1, 0.15) is 34.6 Å². The molecular weight excluding hydrogens is 421 g/mol. The Balaban J connectivity index is 1.56. The van der Waals surface area contributed by atoms with Gasteiger partial charge in [0.15, 0.2) is 10.8 Å². The standard InChI is InChI=1S/C19H17F3N4OS2/c20-19(21,22)16-15(29-18(25-16)26-8-2-1-3-9-26)17(27)24-12-6-7-13(23-11-12)14-5-4-10-28-14/h4-7,10-11H,1-3,8-9H2,(H,24,27). The first kappa shape index (κ1) is 19.8. The Hall–Kier alpha value is -2.46. The molecule has 4 heterocycles. The second kappa shape index (κ2) is 8.11. The SMILES string of the molecule is O=C(Nc1ccc(-c2cccs2)nc1)c1sc(N2CCCCC2)nc1C(F)(F)F. The number of hydrogen-bond acceptors (Lipinski definition) is 6. The number of carbonyl (C=O) groups excluding carboxylic acids is 1. The van der Waals surface area contributed by atoms with Crippen molar-refractivity contribution in [3.8, 4) is 10.6 Å². The fourth-order valence-electron chi connectivity index (χ4n) is 3.10. The van der Waals surface area contributed by atoms with Crippen molar-refractivity contribution in [2.24, 2.45) is 0 Å². The fourth-order valence-corrected chi connectivity index (χ4v) is 4.84. The Morgan fingerprint density at radius 1 is 1.14 bits per heavy atom. The van der Waals surface area contributed by atoms with Crippen LogP contribution in [0.5, 0.6) is 0 Å². The lowest BCUT2D eigenvalue weighted by atomic mass is 10.1. The number of nitrogens with zero attached hydrogens (tertiary/aromatic N) is 3. The van der Waals surface area contributed by atoms with Crippen LogP contribution in [0.4, 0.5) is 24.0 Å². The third-order valence-corrected chi connectivity index (χ3v) is 6.52. The van der Waals surface area contributed by atoms with Gasteiger partial charge in [0.05, 0.1) is 22.5 Å². The molecule has 0 atom stereocenters. The normalized spacial score (nSPS) is 14.8. The van der Waals surface area contributed by atoms with Crippen LogP contribution in [0.15, 0.2) is 35.8 Å². The van der Waals surface area contributed by atoms with Gasteiger partial charge in [-0.1, -0.05) is 17.4 Å². The van der Waals surface area contributed by atoms with Gasteiger partial charge in [0.1, 0.15) is 4.88 Å². The molecule has 1 fully saturated rings. The van der Waals surface area contributed by atoms with E-state index in [1.165, 1.54) is 17.5 Å². The van der Waals surface area contributed by atoms with E-state index in [0.29, 0.717) is 18.8 Å². The van der Waals surface area contributed by atoms with Crippen LogP contribution in [0.2, 0.25) is 0 Å². The van der Waals surface area contributed by atoms with Crippen molar-refractivity contribution < 1.29 is 18.0 Å². The zero-order chi connectivity index (χ0) is 20.4. The Kier molecular flexibility index (Phi) is 5.55. The molecule has 29 heavy (non-hydrogen) atoms. The molecule has 0 radical (unpaired) electrons. The minimum atomic E-state index is -4.70. The minimum absolute atomic E-state index is 0.244. The van der Waals surface area contributed by atoms with Crippen LogP contribution in [-0.2, 0) is 6.18 Å². The minimum Gasteiger partial charge on any atom is -0.348 e. The highest BCUT2D eigenvalue weighted by Gasteiger charge is 2.40. The average molecular weight is 439 g/mol. The average Bonchev–Trinajstić information content (AvgIpc) is 3.39. The third-order valence-electron chi connectivity index (χ3n) is 4.51. The molecule has 0 spiro atoms. The van der Waals surface area contributed by atoms with E-state index in [2.05, 4.69) is 15.3 Å². The van der Waals surface area contributed by atoms with E-state index in [0.717, 1.165) is 41.2 Å². The summed E-state index contributed by atoms with van der Waals surface area (Å²) in [7, 11) is 0. The monoisotopic (exact) mass is 438 g/mol. The summed E-state index contributed by atoms with van der Waals surface area (Å²) >= 11 is 2.31. The Labute approximate surface area is 173 Å². The molecule has 3 aromatic rings. The van der Waals surface area contributed by atoms with Crippen LogP contribution >= 0.6 is 22.7 Å². The van der Waals surface area contributed by atoms with Crippen molar-refractivity contribution in [1.29, 1.82) is 0 Å². The predicted molar refractivity (Wildman–Crippen MR) is 109 cm³/mol. The molecule has 0 saturated carbocycles. The number of thiazole rings is 1. The van der Waals surface area contributed by atoms with Crippen molar-refractivity contribution in [3.63, 3.8) is 0 Å². The topological polar surface area (TPSA) is 58.1 Å². The van der Waals surface area contributed by atoms with Crippen LogP contribution in [0, 0.1) is 0 Å². The number of piperidine rings is 1. The molecule has 0 aliphatic carbocycles. The molecule has 1 N–H and O–H groups in total. The van der Waals surface area contributed by atoms with Gasteiger partial charge < -0.3 is 10.2 Å². The van der Waals surface area contributed by atoms with E-state index in [1.54, 1.807) is 12.1 Å². The molecule has 10 heteroatoms. The van der Waals surface area contributed by atoms with Crippen molar-refractivity contribution in [1.82, 2.24) is 9.97 Å². The number of amides is 1. The van der Waals surface area contributed by atoms with E-state index in [4.69, 9.17) is 0 Å². The second-order valence-electron chi connectivity index (χ2n) is 6.58. The van der Waals surface area contributed by atoms with Gasteiger partial charge >= 0.3 is 6.18 Å². The molecule has 0 bridgehead atoms. The van der Waals surface area contributed by atoms with Gasteiger partial charge in [-0.05, 0) is 42.8 Å². The van der Waals surface area contributed by atoms with E-state index in [9.17, 15) is 18.0 Å². The molecule has 5 nitrogen and oxygen atoms in total. The molecule has 152 valence electrons. The Morgan fingerprint density at radius 2 is 1.93 bits per heavy atom. The molecule has 1 aliphatic heterocycles. The first-order valence-corrected chi connectivity index (χ1v) is 10.8. The number of aromatic nitrogens is 2. The highest BCUT2D eigenvalue weighted by molar-refractivity contribution is 7.17. The van der Waals surface area contributed by atoms with Gasteiger partial charge in [0.2, 0.25) is 0 Å². The Bertz CT molecular complexity index is 978. The molecule has 0 unspecified atom stereocenters. The van der Waals surface area contributed by atoms with E-state index in [-0.39, 0.29) is 5.13 Å². The molecule has 3 aromatic heterocycles. The second-order valence-corrected chi connectivity index (χ2v) is 8.51. The summed E-state index contributed by atoms with van der Waals surface area (Å²) in [6, 6.07) is 7.16. The van der Waals surface area contributed by atoms with Gasteiger partial charge in [-0.25, -0.2) is 4.98 Å². The zero-order valence-electron chi connectivity index (χ0n) is 15.2. The lowest BCUT2D eigenvalue weighted by Gasteiger charge is -2.25. The van der Waals surface area contributed by atoms with Crippen LogP contribution < -0.4 is 10.2 Å². The number of thiophene rings is 1. The number of rotatable bonds is 4. The number of hydrogen-bond donors (Lipinski definition) is 1. The van der Waals surface area contributed by atoms with Gasteiger partial charge in [-0.2, -0.15) is 13.2 Å². The van der Waals surface area contributed by atoms with E-state index in [1.807, 2.05) is 22.4 Å². The number of pyridine rings is 1. The van der Waals surface area contributed by atoms with Gasteiger partial charge in [0.25, 0.3) is 5.91 Å². The van der Waals surface area contributed by atoms with Crippen LogP contribution in [-0.4, -0.2) is 29.0 Å².